The Morgan fingerprint density at radius 3 is 2.42 bits per heavy atom. The summed E-state index contributed by atoms with van der Waals surface area (Å²) >= 11 is 0. The van der Waals surface area contributed by atoms with Crippen molar-refractivity contribution in [3.8, 4) is 0 Å². The summed E-state index contributed by atoms with van der Waals surface area (Å²) in [4.78, 5) is 16.2. The standard InChI is InChI=1S/C6H10N2.C2H4O2/c1-3-6-7-4-5(2)8-6;1-2(3)4/h4H,3H2,1-2H3,(H,7,8);1H3,(H,3,4). The summed E-state index contributed by atoms with van der Waals surface area (Å²) in [5.41, 5.74) is 1.14. The lowest BCUT2D eigenvalue weighted by Gasteiger charge is -1.82. The highest BCUT2D eigenvalue weighted by Gasteiger charge is 1.89. The molecule has 0 aliphatic rings. The Bertz CT molecular complexity index is 239. The summed E-state index contributed by atoms with van der Waals surface area (Å²) in [7, 11) is 0. The average Bonchev–Trinajstić information content (AvgIpc) is 2.34. The molecule has 0 aliphatic carbocycles. The fourth-order valence-electron chi connectivity index (χ4n) is 0.647. The first kappa shape index (κ1) is 10.7. The van der Waals surface area contributed by atoms with Crippen LogP contribution in [0.1, 0.15) is 25.4 Å². The van der Waals surface area contributed by atoms with Gasteiger partial charge in [0.2, 0.25) is 0 Å². The third-order valence-electron chi connectivity index (χ3n) is 1.09. The van der Waals surface area contributed by atoms with Crippen LogP contribution < -0.4 is 0 Å². The molecule has 1 aromatic rings. The van der Waals surface area contributed by atoms with Crippen molar-refractivity contribution in [3.05, 3.63) is 17.7 Å². The molecule has 2 N–H and O–H groups in total. The van der Waals surface area contributed by atoms with Crippen LogP contribution in [0.2, 0.25) is 0 Å². The van der Waals surface area contributed by atoms with Gasteiger partial charge in [0.05, 0.1) is 0 Å². The zero-order valence-electron chi connectivity index (χ0n) is 7.59. The number of carboxylic acids is 1. The van der Waals surface area contributed by atoms with E-state index in [1.165, 1.54) is 0 Å². The van der Waals surface area contributed by atoms with Gasteiger partial charge in [-0.15, -0.1) is 0 Å². The molecule has 1 rings (SSSR count). The van der Waals surface area contributed by atoms with Crippen molar-refractivity contribution in [1.29, 1.82) is 0 Å². The molecule has 0 fully saturated rings. The molecule has 0 aliphatic heterocycles. The zero-order chi connectivity index (χ0) is 9.56. The van der Waals surface area contributed by atoms with Gasteiger partial charge in [-0.05, 0) is 6.92 Å². The lowest BCUT2D eigenvalue weighted by molar-refractivity contribution is -0.134. The molecule has 0 unspecified atom stereocenters. The Kier molecular flexibility index (Phi) is 4.76. The number of aryl methyl sites for hydroxylation is 2. The van der Waals surface area contributed by atoms with Crippen LogP contribution in [0.4, 0.5) is 0 Å². The van der Waals surface area contributed by atoms with Gasteiger partial charge in [-0.3, -0.25) is 4.79 Å². The highest BCUT2D eigenvalue weighted by molar-refractivity contribution is 5.62. The largest absolute Gasteiger partial charge is 0.481 e. The maximum Gasteiger partial charge on any atom is 0.300 e. The number of aromatic amines is 1. The highest BCUT2D eigenvalue weighted by Crippen LogP contribution is 1.93. The molecule has 0 atom stereocenters. The molecule has 4 heteroatoms. The van der Waals surface area contributed by atoms with Crippen LogP contribution in [-0.2, 0) is 11.2 Å². The first-order chi connectivity index (χ1) is 5.56. The van der Waals surface area contributed by atoms with Gasteiger partial charge in [-0.1, -0.05) is 6.92 Å². The third-order valence-corrected chi connectivity index (χ3v) is 1.09. The van der Waals surface area contributed by atoms with E-state index in [-0.39, 0.29) is 0 Å². The van der Waals surface area contributed by atoms with Gasteiger partial charge in [-0.25, -0.2) is 4.98 Å². The van der Waals surface area contributed by atoms with E-state index in [2.05, 4.69) is 16.9 Å². The van der Waals surface area contributed by atoms with Crippen molar-refractivity contribution >= 4 is 5.97 Å². The second kappa shape index (κ2) is 5.35. The van der Waals surface area contributed by atoms with Crippen LogP contribution in [0.15, 0.2) is 6.20 Å². The molecule has 0 saturated heterocycles. The van der Waals surface area contributed by atoms with E-state index in [4.69, 9.17) is 9.90 Å². The van der Waals surface area contributed by atoms with Crippen molar-refractivity contribution in [2.75, 3.05) is 0 Å². The summed E-state index contributed by atoms with van der Waals surface area (Å²) in [6, 6.07) is 0. The predicted octanol–water partition coefficient (Wildman–Crippen LogP) is 1.37. The second-order valence-corrected chi connectivity index (χ2v) is 2.39. The summed E-state index contributed by atoms with van der Waals surface area (Å²) in [6.45, 7) is 5.17. The fraction of sp³-hybridized carbons (Fsp3) is 0.500. The predicted molar refractivity (Wildman–Crippen MR) is 46.0 cm³/mol. The number of nitrogens with one attached hydrogen (secondary N) is 1. The zero-order valence-corrected chi connectivity index (χ0v) is 7.59. The minimum absolute atomic E-state index is 0.833. The van der Waals surface area contributed by atoms with Crippen molar-refractivity contribution in [2.45, 2.75) is 27.2 Å². The lowest BCUT2D eigenvalue weighted by atomic mass is 10.5. The lowest BCUT2D eigenvalue weighted by Crippen LogP contribution is -1.80. The number of hydrogen-bond acceptors (Lipinski definition) is 2. The third kappa shape index (κ3) is 5.46. The molecule has 0 saturated carbocycles. The Balaban J connectivity index is 0.000000261. The van der Waals surface area contributed by atoms with Crippen LogP contribution >= 0.6 is 0 Å². The van der Waals surface area contributed by atoms with E-state index in [0.717, 1.165) is 24.9 Å². The van der Waals surface area contributed by atoms with E-state index < -0.39 is 5.97 Å². The van der Waals surface area contributed by atoms with E-state index in [0.29, 0.717) is 0 Å². The molecule has 1 heterocycles. The number of nitrogens with zero attached hydrogens (tertiary/aromatic N) is 1. The quantitative estimate of drug-likeness (QED) is 0.669. The van der Waals surface area contributed by atoms with Crippen molar-refractivity contribution in [2.24, 2.45) is 0 Å². The summed E-state index contributed by atoms with van der Waals surface area (Å²) in [5.74, 6) is 0.238. The number of carboxylic acid groups (broad SMARTS) is 1. The van der Waals surface area contributed by atoms with Crippen LogP contribution in [0.3, 0.4) is 0 Å². The number of H-pyrrole nitrogens is 1. The van der Waals surface area contributed by atoms with Gasteiger partial charge < -0.3 is 10.1 Å². The first-order valence-electron chi connectivity index (χ1n) is 3.76. The van der Waals surface area contributed by atoms with Gasteiger partial charge in [0.15, 0.2) is 0 Å². The smallest absolute Gasteiger partial charge is 0.300 e. The van der Waals surface area contributed by atoms with Crippen molar-refractivity contribution < 1.29 is 9.90 Å². The number of rotatable bonds is 1. The monoisotopic (exact) mass is 170 g/mol. The molecule has 0 bridgehead atoms. The minimum Gasteiger partial charge on any atom is -0.481 e. The Morgan fingerprint density at radius 2 is 2.25 bits per heavy atom. The van der Waals surface area contributed by atoms with Gasteiger partial charge in [-0.2, -0.15) is 0 Å². The van der Waals surface area contributed by atoms with E-state index >= 15 is 0 Å². The number of imidazole rings is 1. The molecule has 4 nitrogen and oxygen atoms in total. The van der Waals surface area contributed by atoms with Gasteiger partial charge in [0.1, 0.15) is 5.82 Å². The second-order valence-electron chi connectivity index (χ2n) is 2.39. The molecule has 0 amide bonds. The minimum atomic E-state index is -0.833. The van der Waals surface area contributed by atoms with Crippen LogP contribution in [-0.4, -0.2) is 21.0 Å². The Hall–Kier alpha value is -1.32. The molecular formula is C8H14N2O2. The first-order valence-corrected chi connectivity index (χ1v) is 3.76. The molecule has 0 radical (unpaired) electrons. The van der Waals surface area contributed by atoms with E-state index in [9.17, 15) is 0 Å². The van der Waals surface area contributed by atoms with Gasteiger partial charge in [0, 0.05) is 25.2 Å². The molecule has 0 aromatic carbocycles. The molecule has 1 aromatic heterocycles. The summed E-state index contributed by atoms with van der Waals surface area (Å²) < 4.78 is 0. The van der Waals surface area contributed by atoms with Crippen molar-refractivity contribution in [1.82, 2.24) is 9.97 Å². The normalized spacial score (nSPS) is 8.58. The number of hydrogen-bond donors (Lipinski definition) is 2. The van der Waals surface area contributed by atoms with Crippen LogP contribution in [0.5, 0.6) is 0 Å². The fourth-order valence-corrected chi connectivity index (χ4v) is 0.647. The molecular weight excluding hydrogens is 156 g/mol. The number of carbonyl (C=O) groups is 1. The van der Waals surface area contributed by atoms with E-state index in [1.54, 1.807) is 0 Å². The topological polar surface area (TPSA) is 66.0 Å². The SMILES string of the molecule is CC(=O)O.CCc1ncc(C)[nH]1. The summed E-state index contributed by atoms with van der Waals surface area (Å²) in [6.07, 6.45) is 2.84. The molecule has 12 heavy (non-hydrogen) atoms. The number of aromatic nitrogens is 2. The molecule has 68 valence electrons. The van der Waals surface area contributed by atoms with Gasteiger partial charge >= 0.3 is 0 Å². The van der Waals surface area contributed by atoms with Crippen LogP contribution in [0.25, 0.3) is 0 Å². The number of aliphatic carboxylic acids is 1. The Labute approximate surface area is 71.6 Å². The van der Waals surface area contributed by atoms with Crippen LogP contribution in [0, 0.1) is 6.92 Å². The maximum atomic E-state index is 9.00. The summed E-state index contributed by atoms with van der Waals surface area (Å²) in [5, 5.41) is 7.42. The Morgan fingerprint density at radius 1 is 1.75 bits per heavy atom. The van der Waals surface area contributed by atoms with Gasteiger partial charge in [0.25, 0.3) is 5.97 Å². The maximum absolute atomic E-state index is 9.00. The van der Waals surface area contributed by atoms with E-state index in [1.807, 2.05) is 13.1 Å². The van der Waals surface area contributed by atoms with Crippen molar-refractivity contribution in [3.63, 3.8) is 0 Å². The molecule has 0 spiro atoms. The highest BCUT2D eigenvalue weighted by atomic mass is 16.4. The average molecular weight is 170 g/mol.